The van der Waals surface area contributed by atoms with E-state index in [1.165, 1.54) is 12.3 Å². The number of anilines is 1. The van der Waals surface area contributed by atoms with Gasteiger partial charge in [0.25, 0.3) is 21.5 Å². The Labute approximate surface area is 183 Å². The Kier molecular flexibility index (Phi) is 6.27. The van der Waals surface area contributed by atoms with Crippen molar-refractivity contribution in [1.82, 2.24) is 14.7 Å². The first-order valence-corrected chi connectivity index (χ1v) is 11.9. The fourth-order valence-corrected chi connectivity index (χ4v) is 4.89. The molecule has 1 fully saturated rings. The van der Waals surface area contributed by atoms with E-state index in [-0.39, 0.29) is 11.1 Å². The highest BCUT2D eigenvalue weighted by molar-refractivity contribution is 7.90. The molecule has 168 valence electrons. The summed E-state index contributed by atoms with van der Waals surface area (Å²) in [6.45, 7) is 11.3. The van der Waals surface area contributed by atoms with Gasteiger partial charge in [-0.25, -0.2) is 18.1 Å². The summed E-state index contributed by atoms with van der Waals surface area (Å²) in [4.78, 5) is 33.7. The number of carbonyl (C=O) groups is 1. The second-order valence-electron chi connectivity index (χ2n) is 9.06. The van der Waals surface area contributed by atoms with Gasteiger partial charge in [-0.05, 0) is 62.8 Å². The first-order chi connectivity index (χ1) is 14.4. The van der Waals surface area contributed by atoms with Crippen LogP contribution in [0.3, 0.4) is 0 Å². The molecule has 1 amide bonds. The van der Waals surface area contributed by atoms with Crippen molar-refractivity contribution in [2.75, 3.05) is 11.4 Å². The zero-order valence-electron chi connectivity index (χ0n) is 18.6. The average Bonchev–Trinajstić information content (AvgIpc) is 2.93. The lowest BCUT2D eigenvalue weighted by Crippen LogP contribution is -2.44. The molecule has 1 aliphatic rings. The maximum atomic E-state index is 13.1. The molecule has 3 heterocycles. The van der Waals surface area contributed by atoms with Crippen LogP contribution < -0.4 is 15.2 Å². The molecule has 2 N–H and O–H groups in total. The fraction of sp³-hybridized carbons (Fsp3) is 0.500. The summed E-state index contributed by atoms with van der Waals surface area (Å²) < 4.78 is 27.4. The number of sulfonamides is 1. The van der Waals surface area contributed by atoms with Crippen LogP contribution in [0.4, 0.5) is 5.82 Å². The van der Waals surface area contributed by atoms with E-state index >= 15 is 0 Å². The van der Waals surface area contributed by atoms with Gasteiger partial charge in [0.15, 0.2) is 4.90 Å². The molecule has 0 saturated carbocycles. The lowest BCUT2D eigenvalue weighted by Gasteiger charge is -2.36. The minimum absolute atomic E-state index is 0.172. The minimum atomic E-state index is -4.34. The van der Waals surface area contributed by atoms with E-state index in [1.54, 1.807) is 12.1 Å². The van der Waals surface area contributed by atoms with Gasteiger partial charge in [-0.2, -0.15) is 0 Å². The number of aromatic nitrogens is 2. The minimum Gasteiger partial charge on any atom is -0.351 e. The van der Waals surface area contributed by atoms with Crippen molar-refractivity contribution < 1.29 is 13.2 Å². The summed E-state index contributed by atoms with van der Waals surface area (Å²) >= 11 is 0. The highest BCUT2D eigenvalue weighted by Gasteiger charge is 2.41. The molecule has 0 radical (unpaired) electrons. The van der Waals surface area contributed by atoms with Gasteiger partial charge in [0.1, 0.15) is 5.82 Å². The zero-order chi connectivity index (χ0) is 23.0. The van der Waals surface area contributed by atoms with E-state index in [9.17, 15) is 18.0 Å². The molecule has 3 rings (SSSR count). The summed E-state index contributed by atoms with van der Waals surface area (Å²) in [5.74, 6) is 0.431. The maximum Gasteiger partial charge on any atom is 0.269 e. The highest BCUT2D eigenvalue weighted by atomic mass is 32.2. The molecule has 2 aromatic rings. The summed E-state index contributed by atoms with van der Waals surface area (Å²) in [5.41, 5.74) is -0.0127. The topological polar surface area (TPSA) is 112 Å². The number of amides is 1. The SMILES string of the molecule is CC(C)Cc1ccc(C(=O)NS(=O)(=O)c2ccc[nH]c2=O)c(N2CCC(C)C2(C)C)n1. The molecule has 31 heavy (non-hydrogen) atoms. The molecule has 0 bridgehead atoms. The highest BCUT2D eigenvalue weighted by Crippen LogP contribution is 2.38. The van der Waals surface area contributed by atoms with E-state index < -0.39 is 26.4 Å². The number of hydrogen-bond donors (Lipinski definition) is 2. The molecule has 9 heteroatoms. The Bertz CT molecular complexity index is 1140. The predicted molar refractivity (Wildman–Crippen MR) is 120 cm³/mol. The third-order valence-corrected chi connectivity index (χ3v) is 7.39. The van der Waals surface area contributed by atoms with Gasteiger partial charge in [0.2, 0.25) is 0 Å². The Balaban J connectivity index is 2.03. The van der Waals surface area contributed by atoms with E-state index in [2.05, 4.69) is 44.5 Å². The van der Waals surface area contributed by atoms with Crippen molar-refractivity contribution in [2.45, 2.75) is 57.9 Å². The van der Waals surface area contributed by atoms with E-state index in [0.717, 1.165) is 31.1 Å². The van der Waals surface area contributed by atoms with Crippen molar-refractivity contribution in [3.63, 3.8) is 0 Å². The van der Waals surface area contributed by atoms with Crippen molar-refractivity contribution in [2.24, 2.45) is 11.8 Å². The maximum absolute atomic E-state index is 13.1. The summed E-state index contributed by atoms with van der Waals surface area (Å²) in [5, 5.41) is 0. The summed E-state index contributed by atoms with van der Waals surface area (Å²) in [7, 11) is -4.34. The molecule has 0 spiro atoms. The van der Waals surface area contributed by atoms with Crippen LogP contribution in [0.15, 0.2) is 40.2 Å². The second-order valence-corrected chi connectivity index (χ2v) is 10.7. The van der Waals surface area contributed by atoms with E-state index in [1.807, 2.05) is 4.72 Å². The molecule has 0 aromatic carbocycles. The van der Waals surface area contributed by atoms with Crippen molar-refractivity contribution in [3.05, 3.63) is 52.1 Å². The van der Waals surface area contributed by atoms with Gasteiger partial charge in [-0.3, -0.25) is 9.59 Å². The molecule has 1 atom stereocenters. The van der Waals surface area contributed by atoms with Crippen LogP contribution in [-0.2, 0) is 16.4 Å². The van der Waals surface area contributed by atoms with Crippen LogP contribution >= 0.6 is 0 Å². The largest absolute Gasteiger partial charge is 0.351 e. The van der Waals surface area contributed by atoms with Crippen LogP contribution in [0, 0.1) is 11.8 Å². The van der Waals surface area contributed by atoms with Gasteiger partial charge >= 0.3 is 0 Å². The van der Waals surface area contributed by atoms with Crippen molar-refractivity contribution >= 4 is 21.7 Å². The second kappa shape index (κ2) is 8.45. The Morgan fingerprint density at radius 3 is 2.61 bits per heavy atom. The Morgan fingerprint density at radius 2 is 2.03 bits per heavy atom. The number of nitrogens with one attached hydrogen (secondary N) is 2. The fourth-order valence-electron chi connectivity index (χ4n) is 3.86. The summed E-state index contributed by atoms with van der Waals surface area (Å²) in [6, 6.07) is 5.93. The van der Waals surface area contributed by atoms with E-state index in [0.29, 0.717) is 17.7 Å². The first kappa shape index (κ1) is 23.0. The van der Waals surface area contributed by atoms with Crippen LogP contribution in [0.25, 0.3) is 0 Å². The lowest BCUT2D eigenvalue weighted by molar-refractivity contribution is 0.0981. The Hall–Kier alpha value is -2.68. The van der Waals surface area contributed by atoms with E-state index in [4.69, 9.17) is 4.98 Å². The number of H-pyrrole nitrogens is 1. The van der Waals surface area contributed by atoms with Gasteiger partial charge in [0.05, 0.1) is 5.56 Å². The molecular formula is C22H30N4O4S. The van der Waals surface area contributed by atoms with Gasteiger partial charge in [0, 0.05) is 24.0 Å². The van der Waals surface area contributed by atoms with Crippen LogP contribution in [0.5, 0.6) is 0 Å². The van der Waals surface area contributed by atoms with Gasteiger partial charge in [-0.1, -0.05) is 20.8 Å². The Morgan fingerprint density at radius 1 is 1.32 bits per heavy atom. The number of nitrogens with zero attached hydrogens (tertiary/aromatic N) is 2. The number of pyridine rings is 2. The van der Waals surface area contributed by atoms with Crippen molar-refractivity contribution in [3.8, 4) is 0 Å². The predicted octanol–water partition coefficient (Wildman–Crippen LogP) is 2.71. The molecule has 1 saturated heterocycles. The standard InChI is InChI=1S/C22H30N4O4S/c1-14(2)13-16-8-9-17(19(24-16)26-12-10-15(3)22(26,4)5)20(27)25-31(29,30)18-7-6-11-23-21(18)28/h6-9,11,14-15H,10,12-13H2,1-5H3,(H,23,28)(H,25,27). The number of hydrogen-bond acceptors (Lipinski definition) is 6. The average molecular weight is 447 g/mol. The monoisotopic (exact) mass is 446 g/mol. The quantitative estimate of drug-likeness (QED) is 0.706. The number of rotatable bonds is 6. The van der Waals surface area contributed by atoms with Crippen LogP contribution in [0.2, 0.25) is 0 Å². The third-order valence-electron chi connectivity index (χ3n) is 6.04. The first-order valence-electron chi connectivity index (χ1n) is 10.5. The molecule has 1 unspecified atom stereocenters. The number of carbonyl (C=O) groups excluding carboxylic acids is 1. The molecule has 8 nitrogen and oxygen atoms in total. The normalized spacial score (nSPS) is 18.4. The smallest absolute Gasteiger partial charge is 0.269 e. The van der Waals surface area contributed by atoms with Gasteiger partial charge < -0.3 is 9.88 Å². The molecular weight excluding hydrogens is 416 g/mol. The van der Waals surface area contributed by atoms with Gasteiger partial charge in [-0.15, -0.1) is 0 Å². The molecule has 0 aliphatic carbocycles. The van der Waals surface area contributed by atoms with Crippen molar-refractivity contribution in [1.29, 1.82) is 0 Å². The molecule has 1 aliphatic heterocycles. The van der Waals surface area contributed by atoms with Crippen LogP contribution in [0.1, 0.15) is 57.1 Å². The lowest BCUT2D eigenvalue weighted by atomic mass is 9.90. The van der Waals surface area contributed by atoms with Crippen LogP contribution in [-0.4, -0.2) is 36.4 Å². The zero-order valence-corrected chi connectivity index (χ0v) is 19.4. The third kappa shape index (κ3) is 4.66. The summed E-state index contributed by atoms with van der Waals surface area (Å²) in [6.07, 6.45) is 3.02. The molecule has 2 aromatic heterocycles. The number of aromatic amines is 1.